The molecule has 1 atom stereocenters. The van der Waals surface area contributed by atoms with Crippen molar-refractivity contribution >= 4 is 10.0 Å². The standard InChI is InChI=1S/C11H14N2O3S/c1-9(7-12)17(14,15)13-8-10-5-3-4-6-11(10)16-2/h3-6,9,13H,8H2,1-2H3. The molecule has 0 aliphatic heterocycles. The van der Waals surface area contributed by atoms with Crippen LogP contribution in [0.25, 0.3) is 0 Å². The molecule has 1 aromatic rings. The maximum Gasteiger partial charge on any atom is 0.227 e. The minimum absolute atomic E-state index is 0.109. The van der Waals surface area contributed by atoms with E-state index < -0.39 is 15.3 Å². The lowest BCUT2D eigenvalue weighted by molar-refractivity contribution is 0.409. The van der Waals surface area contributed by atoms with E-state index in [-0.39, 0.29) is 6.54 Å². The summed E-state index contributed by atoms with van der Waals surface area (Å²) in [5, 5.41) is 7.50. The van der Waals surface area contributed by atoms with E-state index in [1.165, 1.54) is 14.0 Å². The Kier molecular flexibility index (Phi) is 4.49. The summed E-state index contributed by atoms with van der Waals surface area (Å²) >= 11 is 0. The molecule has 0 amide bonds. The molecule has 0 aliphatic rings. The SMILES string of the molecule is COc1ccccc1CNS(=O)(=O)C(C)C#N. The number of methoxy groups -OCH3 is 1. The highest BCUT2D eigenvalue weighted by Crippen LogP contribution is 2.17. The van der Waals surface area contributed by atoms with Crippen LogP contribution in [0.15, 0.2) is 24.3 Å². The van der Waals surface area contributed by atoms with Gasteiger partial charge >= 0.3 is 0 Å². The van der Waals surface area contributed by atoms with Crippen molar-refractivity contribution in [3.63, 3.8) is 0 Å². The van der Waals surface area contributed by atoms with Gasteiger partial charge < -0.3 is 4.74 Å². The van der Waals surface area contributed by atoms with Gasteiger partial charge in [-0.3, -0.25) is 0 Å². The monoisotopic (exact) mass is 254 g/mol. The van der Waals surface area contributed by atoms with Crippen molar-refractivity contribution < 1.29 is 13.2 Å². The number of nitriles is 1. The first kappa shape index (κ1) is 13.5. The largest absolute Gasteiger partial charge is 0.496 e. The van der Waals surface area contributed by atoms with E-state index in [4.69, 9.17) is 10.00 Å². The van der Waals surface area contributed by atoms with Crippen LogP contribution in [0.1, 0.15) is 12.5 Å². The van der Waals surface area contributed by atoms with E-state index in [0.717, 1.165) is 5.56 Å². The molecule has 0 heterocycles. The van der Waals surface area contributed by atoms with Crippen LogP contribution in [0, 0.1) is 11.3 Å². The molecule has 1 N–H and O–H groups in total. The molecule has 0 saturated carbocycles. The Labute approximate surface area is 101 Å². The van der Waals surface area contributed by atoms with E-state index in [9.17, 15) is 8.42 Å². The van der Waals surface area contributed by atoms with Crippen LogP contribution in [0.3, 0.4) is 0 Å². The molecule has 0 fully saturated rings. The van der Waals surface area contributed by atoms with Crippen molar-refractivity contribution in [2.24, 2.45) is 0 Å². The van der Waals surface area contributed by atoms with Crippen molar-refractivity contribution in [2.45, 2.75) is 18.7 Å². The molecule has 0 aliphatic carbocycles. The average Bonchev–Trinajstić information content (AvgIpc) is 2.35. The van der Waals surface area contributed by atoms with E-state index >= 15 is 0 Å². The number of hydrogen-bond donors (Lipinski definition) is 1. The first-order valence-corrected chi connectivity index (χ1v) is 6.56. The van der Waals surface area contributed by atoms with Gasteiger partial charge in [0.15, 0.2) is 5.25 Å². The average molecular weight is 254 g/mol. The third kappa shape index (κ3) is 3.44. The van der Waals surface area contributed by atoms with Crippen LogP contribution >= 0.6 is 0 Å². The van der Waals surface area contributed by atoms with Crippen LogP contribution in [-0.4, -0.2) is 20.8 Å². The second-order valence-electron chi connectivity index (χ2n) is 3.45. The van der Waals surface area contributed by atoms with Gasteiger partial charge in [-0.2, -0.15) is 5.26 Å². The zero-order chi connectivity index (χ0) is 12.9. The number of nitrogens with one attached hydrogen (secondary N) is 1. The summed E-state index contributed by atoms with van der Waals surface area (Å²) in [5.41, 5.74) is 0.726. The molecule has 1 rings (SSSR count). The van der Waals surface area contributed by atoms with E-state index in [1.54, 1.807) is 30.3 Å². The second-order valence-corrected chi connectivity index (χ2v) is 5.54. The van der Waals surface area contributed by atoms with Gasteiger partial charge in [-0.1, -0.05) is 18.2 Å². The Bertz CT molecular complexity index is 520. The van der Waals surface area contributed by atoms with Gasteiger partial charge in [-0.15, -0.1) is 0 Å². The third-order valence-corrected chi connectivity index (χ3v) is 3.89. The summed E-state index contributed by atoms with van der Waals surface area (Å²) in [6, 6.07) is 8.79. The number of rotatable bonds is 5. The lowest BCUT2D eigenvalue weighted by Gasteiger charge is -2.10. The van der Waals surface area contributed by atoms with Crippen LogP contribution in [0.5, 0.6) is 5.75 Å². The highest BCUT2D eigenvalue weighted by Gasteiger charge is 2.19. The van der Waals surface area contributed by atoms with E-state index in [2.05, 4.69) is 4.72 Å². The van der Waals surface area contributed by atoms with Crippen molar-refractivity contribution in [1.29, 1.82) is 5.26 Å². The maximum atomic E-state index is 11.6. The molecule has 6 heteroatoms. The van der Waals surface area contributed by atoms with E-state index in [1.807, 2.05) is 0 Å². The maximum absolute atomic E-state index is 11.6. The fourth-order valence-electron chi connectivity index (χ4n) is 1.22. The Balaban J connectivity index is 2.78. The molecule has 0 bridgehead atoms. The predicted octanol–water partition coefficient (Wildman–Crippen LogP) is 1.03. The zero-order valence-electron chi connectivity index (χ0n) is 9.67. The van der Waals surface area contributed by atoms with Gasteiger partial charge in [0, 0.05) is 12.1 Å². The number of ether oxygens (including phenoxy) is 1. The molecule has 1 aromatic carbocycles. The molecule has 1 unspecified atom stereocenters. The van der Waals surface area contributed by atoms with Crippen molar-refractivity contribution in [2.75, 3.05) is 7.11 Å². The quantitative estimate of drug-likeness (QED) is 0.851. The highest BCUT2D eigenvalue weighted by molar-refractivity contribution is 7.90. The van der Waals surface area contributed by atoms with Gasteiger partial charge in [0.25, 0.3) is 0 Å². The van der Waals surface area contributed by atoms with Gasteiger partial charge in [0.05, 0.1) is 13.2 Å². The summed E-state index contributed by atoms with van der Waals surface area (Å²) in [5.74, 6) is 0.611. The normalized spacial score (nSPS) is 12.8. The first-order chi connectivity index (χ1) is 8.01. The molecular weight excluding hydrogens is 240 g/mol. The topological polar surface area (TPSA) is 79.2 Å². The van der Waals surface area contributed by atoms with E-state index in [0.29, 0.717) is 5.75 Å². The van der Waals surface area contributed by atoms with Gasteiger partial charge in [0.1, 0.15) is 5.75 Å². The lowest BCUT2D eigenvalue weighted by Crippen LogP contribution is -2.31. The van der Waals surface area contributed by atoms with Gasteiger partial charge in [0.2, 0.25) is 10.0 Å². The molecule has 5 nitrogen and oxygen atoms in total. The van der Waals surface area contributed by atoms with Crippen LogP contribution in [0.2, 0.25) is 0 Å². The second kappa shape index (κ2) is 5.66. The predicted molar refractivity (Wildman–Crippen MR) is 63.8 cm³/mol. The Morgan fingerprint density at radius 3 is 2.71 bits per heavy atom. The van der Waals surface area contributed by atoms with Crippen molar-refractivity contribution in [3.8, 4) is 11.8 Å². The minimum Gasteiger partial charge on any atom is -0.496 e. The van der Waals surface area contributed by atoms with Gasteiger partial charge in [-0.05, 0) is 13.0 Å². The number of para-hydroxylation sites is 1. The molecule has 0 spiro atoms. The molecular formula is C11H14N2O3S. The molecule has 92 valence electrons. The summed E-state index contributed by atoms with van der Waals surface area (Å²) in [6.45, 7) is 1.45. The summed E-state index contributed by atoms with van der Waals surface area (Å²) < 4.78 is 30.6. The van der Waals surface area contributed by atoms with Crippen molar-refractivity contribution in [1.82, 2.24) is 4.72 Å². The fraction of sp³-hybridized carbons (Fsp3) is 0.364. The fourth-order valence-corrected chi connectivity index (χ4v) is 1.97. The Hall–Kier alpha value is -1.58. The number of sulfonamides is 1. The molecule has 0 saturated heterocycles. The summed E-state index contributed by atoms with van der Waals surface area (Å²) in [4.78, 5) is 0. The zero-order valence-corrected chi connectivity index (χ0v) is 10.5. The minimum atomic E-state index is -3.60. The summed E-state index contributed by atoms with van der Waals surface area (Å²) in [6.07, 6.45) is 0. The van der Waals surface area contributed by atoms with Crippen molar-refractivity contribution in [3.05, 3.63) is 29.8 Å². The van der Waals surface area contributed by atoms with Crippen LogP contribution in [-0.2, 0) is 16.6 Å². The van der Waals surface area contributed by atoms with Crippen LogP contribution < -0.4 is 9.46 Å². The molecule has 17 heavy (non-hydrogen) atoms. The van der Waals surface area contributed by atoms with Crippen LogP contribution in [0.4, 0.5) is 0 Å². The first-order valence-electron chi connectivity index (χ1n) is 5.01. The number of hydrogen-bond acceptors (Lipinski definition) is 4. The number of benzene rings is 1. The molecule has 0 aromatic heterocycles. The highest BCUT2D eigenvalue weighted by atomic mass is 32.2. The Morgan fingerprint density at radius 1 is 1.47 bits per heavy atom. The molecule has 0 radical (unpaired) electrons. The summed E-state index contributed by atoms with van der Waals surface area (Å²) in [7, 11) is -2.08. The van der Waals surface area contributed by atoms with Gasteiger partial charge in [-0.25, -0.2) is 13.1 Å². The third-order valence-electron chi connectivity index (χ3n) is 2.30. The smallest absolute Gasteiger partial charge is 0.227 e. The number of nitrogens with zero attached hydrogens (tertiary/aromatic N) is 1. The lowest BCUT2D eigenvalue weighted by atomic mass is 10.2. The Morgan fingerprint density at radius 2 is 2.12 bits per heavy atom.